The molecular weight excluding hydrogens is 356 g/mol. The van der Waals surface area contributed by atoms with Gasteiger partial charge in [0.25, 0.3) is 0 Å². The van der Waals surface area contributed by atoms with E-state index in [1.807, 2.05) is 0 Å². The summed E-state index contributed by atoms with van der Waals surface area (Å²) in [5, 5.41) is 10.1. The second-order valence-electron chi connectivity index (χ2n) is 11.5. The number of hydrogen-bond donors (Lipinski definition) is 1. The predicted octanol–water partition coefficient (Wildman–Crippen LogP) is 6.49. The summed E-state index contributed by atoms with van der Waals surface area (Å²) in [7, 11) is 0. The van der Waals surface area contributed by atoms with Gasteiger partial charge in [-0.25, -0.2) is 0 Å². The smallest absolute Gasteiger partial charge is 0.140 e. The third-order valence-electron chi connectivity index (χ3n) is 9.66. The lowest BCUT2D eigenvalue weighted by molar-refractivity contribution is -0.132. The van der Waals surface area contributed by atoms with E-state index < -0.39 is 0 Å². The molecule has 0 heterocycles. The van der Waals surface area contributed by atoms with Gasteiger partial charge in [-0.2, -0.15) is 0 Å². The number of fused-ring (bicyclic) bond motifs is 4. The zero-order chi connectivity index (χ0) is 20.9. The van der Waals surface area contributed by atoms with Crippen molar-refractivity contribution in [2.24, 2.45) is 40.9 Å². The van der Waals surface area contributed by atoms with Gasteiger partial charge in [0.15, 0.2) is 0 Å². The van der Waals surface area contributed by atoms with Crippen LogP contribution in [0.4, 0.5) is 0 Å². The van der Waals surface area contributed by atoms with Crippen LogP contribution in [0.3, 0.4) is 0 Å². The lowest BCUT2D eigenvalue weighted by Gasteiger charge is -2.52. The second-order valence-corrected chi connectivity index (χ2v) is 11.5. The van der Waals surface area contributed by atoms with Crippen LogP contribution in [-0.4, -0.2) is 17.0 Å². The van der Waals surface area contributed by atoms with Crippen LogP contribution in [0.1, 0.15) is 91.9 Å². The summed E-state index contributed by atoms with van der Waals surface area (Å²) in [5.41, 5.74) is 4.63. The SMILES string of the molecule is C=C(CC[C@@H](C)[C@H]1CC[C@H]2[C@@H]3C(=O)CC4=C(CC[C@H](O)C4)[C@H]3CC[C@]12C)C(C)C. The number of rotatable bonds is 5. The Morgan fingerprint density at radius 3 is 2.69 bits per heavy atom. The summed E-state index contributed by atoms with van der Waals surface area (Å²) in [4.78, 5) is 13.3. The zero-order valence-corrected chi connectivity index (χ0v) is 19.2. The van der Waals surface area contributed by atoms with Crippen molar-refractivity contribution in [3.05, 3.63) is 23.3 Å². The molecule has 4 aliphatic rings. The van der Waals surface area contributed by atoms with E-state index in [9.17, 15) is 9.90 Å². The van der Waals surface area contributed by atoms with Crippen LogP contribution in [0.25, 0.3) is 0 Å². The van der Waals surface area contributed by atoms with Gasteiger partial charge in [-0.05, 0) is 92.8 Å². The molecule has 162 valence electrons. The summed E-state index contributed by atoms with van der Waals surface area (Å²) in [5.74, 6) is 3.90. The third kappa shape index (κ3) is 3.68. The van der Waals surface area contributed by atoms with Crippen molar-refractivity contribution in [2.75, 3.05) is 0 Å². The number of allylic oxidation sites excluding steroid dienone is 2. The number of aliphatic hydroxyl groups is 1. The van der Waals surface area contributed by atoms with E-state index in [0.29, 0.717) is 35.4 Å². The lowest BCUT2D eigenvalue weighted by Crippen LogP contribution is -2.48. The summed E-state index contributed by atoms with van der Waals surface area (Å²) in [6.45, 7) is 13.8. The first-order valence-electron chi connectivity index (χ1n) is 12.3. The molecule has 2 heteroatoms. The number of Topliss-reactive ketones (excluding diaryl/α,β-unsaturated/α-hetero) is 1. The molecular formula is C27H42O2. The molecule has 2 nitrogen and oxygen atoms in total. The average molecular weight is 399 g/mol. The van der Waals surface area contributed by atoms with Crippen LogP contribution in [0, 0.1) is 40.9 Å². The summed E-state index contributed by atoms with van der Waals surface area (Å²) < 4.78 is 0. The molecule has 0 aromatic carbocycles. The molecule has 4 aliphatic carbocycles. The first kappa shape index (κ1) is 21.3. The largest absolute Gasteiger partial charge is 0.393 e. The fourth-order valence-electron chi connectivity index (χ4n) is 7.84. The molecule has 0 aliphatic heterocycles. The number of hydrogen-bond acceptors (Lipinski definition) is 2. The number of carbonyl (C=O) groups is 1. The molecule has 7 atom stereocenters. The van der Waals surface area contributed by atoms with Crippen LogP contribution in [0.2, 0.25) is 0 Å². The van der Waals surface area contributed by atoms with Crippen LogP contribution in [-0.2, 0) is 4.79 Å². The molecule has 0 bridgehead atoms. The van der Waals surface area contributed by atoms with Crippen molar-refractivity contribution < 1.29 is 9.90 Å². The van der Waals surface area contributed by atoms with Gasteiger partial charge < -0.3 is 5.11 Å². The van der Waals surface area contributed by atoms with Crippen LogP contribution >= 0.6 is 0 Å². The molecule has 0 spiro atoms. The van der Waals surface area contributed by atoms with Gasteiger partial charge in [0.05, 0.1) is 6.10 Å². The summed E-state index contributed by atoms with van der Waals surface area (Å²) >= 11 is 0. The molecule has 4 rings (SSSR count). The first-order valence-corrected chi connectivity index (χ1v) is 12.3. The minimum absolute atomic E-state index is 0.218. The number of carbonyl (C=O) groups excluding carboxylic acids is 1. The molecule has 0 aromatic heterocycles. The van der Waals surface area contributed by atoms with E-state index in [0.717, 1.165) is 37.5 Å². The van der Waals surface area contributed by atoms with E-state index in [1.165, 1.54) is 43.3 Å². The van der Waals surface area contributed by atoms with E-state index in [-0.39, 0.29) is 12.0 Å². The number of ketones is 1. The monoisotopic (exact) mass is 398 g/mol. The summed E-state index contributed by atoms with van der Waals surface area (Å²) in [6.07, 6.45) is 10.5. The van der Waals surface area contributed by atoms with E-state index in [2.05, 4.69) is 34.3 Å². The molecule has 0 unspecified atom stereocenters. The molecule has 0 amide bonds. The van der Waals surface area contributed by atoms with Crippen molar-refractivity contribution in [2.45, 2.75) is 98.0 Å². The maximum absolute atomic E-state index is 13.3. The Labute approximate surface area is 178 Å². The van der Waals surface area contributed by atoms with Crippen molar-refractivity contribution in [3.63, 3.8) is 0 Å². The Morgan fingerprint density at radius 2 is 1.97 bits per heavy atom. The van der Waals surface area contributed by atoms with Crippen molar-refractivity contribution in [1.29, 1.82) is 0 Å². The highest BCUT2D eigenvalue weighted by atomic mass is 16.3. The van der Waals surface area contributed by atoms with Crippen molar-refractivity contribution in [3.8, 4) is 0 Å². The summed E-state index contributed by atoms with van der Waals surface area (Å²) in [6, 6.07) is 0. The number of aliphatic hydroxyl groups excluding tert-OH is 1. The van der Waals surface area contributed by atoms with Gasteiger partial charge in [0.2, 0.25) is 0 Å². The highest BCUT2D eigenvalue weighted by Crippen LogP contribution is 2.64. The molecule has 29 heavy (non-hydrogen) atoms. The molecule has 0 saturated heterocycles. The highest BCUT2D eigenvalue weighted by molar-refractivity contribution is 5.86. The average Bonchev–Trinajstić information content (AvgIpc) is 3.02. The van der Waals surface area contributed by atoms with E-state index in [1.54, 1.807) is 5.57 Å². The molecule has 2 fully saturated rings. The predicted molar refractivity (Wildman–Crippen MR) is 119 cm³/mol. The van der Waals surface area contributed by atoms with Gasteiger partial charge in [0, 0.05) is 12.3 Å². The Bertz CT molecular complexity index is 701. The fraction of sp³-hybridized carbons (Fsp3) is 0.815. The third-order valence-corrected chi connectivity index (χ3v) is 9.66. The first-order chi connectivity index (χ1) is 13.7. The van der Waals surface area contributed by atoms with Gasteiger partial charge >= 0.3 is 0 Å². The topological polar surface area (TPSA) is 37.3 Å². The van der Waals surface area contributed by atoms with Crippen LogP contribution in [0.15, 0.2) is 23.3 Å². The quantitative estimate of drug-likeness (QED) is 0.538. The Kier molecular flexibility index (Phi) is 5.88. The molecule has 1 N–H and O–H groups in total. The van der Waals surface area contributed by atoms with E-state index >= 15 is 0 Å². The Morgan fingerprint density at radius 1 is 1.21 bits per heavy atom. The van der Waals surface area contributed by atoms with Crippen molar-refractivity contribution in [1.82, 2.24) is 0 Å². The van der Waals surface area contributed by atoms with Gasteiger partial charge in [-0.3, -0.25) is 4.79 Å². The zero-order valence-electron chi connectivity index (χ0n) is 19.2. The second kappa shape index (κ2) is 7.98. The minimum Gasteiger partial charge on any atom is -0.393 e. The fourth-order valence-corrected chi connectivity index (χ4v) is 7.84. The normalized spacial score (nSPS) is 40.5. The molecule has 0 radical (unpaired) electrons. The maximum Gasteiger partial charge on any atom is 0.140 e. The lowest BCUT2D eigenvalue weighted by atomic mass is 9.52. The highest BCUT2D eigenvalue weighted by Gasteiger charge is 2.58. The molecule has 0 aromatic rings. The minimum atomic E-state index is -0.218. The Hall–Kier alpha value is -0.890. The molecule has 2 saturated carbocycles. The standard InChI is InChI=1S/C27H42O2/c1-16(2)17(3)6-7-18(4)23-10-11-24-26-22(12-13-27(23,24)5)21-9-8-20(28)14-19(21)15-25(26)29/h16,18,20,22-24,26,28H,3,6-15H2,1-2,4-5H3/t18-,20+,22-,23-,24+,26-,27-/m1/s1. The van der Waals surface area contributed by atoms with Gasteiger partial charge in [-0.1, -0.05) is 51.0 Å². The van der Waals surface area contributed by atoms with Gasteiger partial charge in [0.1, 0.15) is 5.78 Å². The van der Waals surface area contributed by atoms with Crippen LogP contribution in [0.5, 0.6) is 0 Å². The van der Waals surface area contributed by atoms with Crippen LogP contribution < -0.4 is 0 Å². The van der Waals surface area contributed by atoms with Gasteiger partial charge in [-0.15, -0.1) is 0 Å². The van der Waals surface area contributed by atoms with Crippen molar-refractivity contribution >= 4 is 5.78 Å². The Balaban J connectivity index is 1.51. The van der Waals surface area contributed by atoms with E-state index in [4.69, 9.17) is 0 Å². The maximum atomic E-state index is 13.3.